The van der Waals surface area contributed by atoms with Crippen molar-refractivity contribution < 1.29 is 21.6 Å². The van der Waals surface area contributed by atoms with Gasteiger partial charge in [0, 0.05) is 17.3 Å². The van der Waals surface area contributed by atoms with Crippen LogP contribution in [0.4, 0.5) is 19.0 Å². The quantitative estimate of drug-likeness (QED) is 0.737. The SMILES string of the molecule is Cc1ccc(F)cc1S(=O)(=O)Nc1ccc(-c2cccc(F)c2F)cn1. The normalized spacial score (nSPS) is 11.4. The molecule has 0 radical (unpaired) electrons. The minimum Gasteiger partial charge on any atom is -0.263 e. The lowest BCUT2D eigenvalue weighted by atomic mass is 10.1. The predicted molar refractivity (Wildman–Crippen MR) is 91.5 cm³/mol. The molecule has 1 heterocycles. The predicted octanol–water partition coefficient (Wildman–Crippen LogP) is 4.28. The topological polar surface area (TPSA) is 59.1 Å². The number of benzene rings is 2. The van der Waals surface area contributed by atoms with Crippen LogP contribution in [0.5, 0.6) is 0 Å². The monoisotopic (exact) mass is 378 g/mol. The van der Waals surface area contributed by atoms with Crippen LogP contribution in [0, 0.1) is 24.4 Å². The number of aryl methyl sites for hydroxylation is 1. The van der Waals surface area contributed by atoms with Crippen LogP contribution < -0.4 is 4.72 Å². The van der Waals surface area contributed by atoms with Gasteiger partial charge in [0.2, 0.25) is 0 Å². The van der Waals surface area contributed by atoms with Gasteiger partial charge < -0.3 is 0 Å². The Morgan fingerprint density at radius 3 is 2.46 bits per heavy atom. The molecule has 1 N–H and O–H groups in total. The number of aromatic nitrogens is 1. The van der Waals surface area contributed by atoms with Crippen LogP contribution in [0.15, 0.2) is 59.6 Å². The summed E-state index contributed by atoms with van der Waals surface area (Å²) in [5.74, 6) is -2.72. The third kappa shape index (κ3) is 3.55. The van der Waals surface area contributed by atoms with E-state index >= 15 is 0 Å². The van der Waals surface area contributed by atoms with Crippen molar-refractivity contribution in [1.82, 2.24) is 4.98 Å². The standard InChI is InChI=1S/C18H13F3N2O2S/c1-11-5-7-13(19)9-16(11)26(24,25)23-17-8-6-12(10-22-17)14-3-2-4-15(20)18(14)21/h2-10H,1H3,(H,22,23). The van der Waals surface area contributed by atoms with Crippen molar-refractivity contribution in [2.75, 3.05) is 4.72 Å². The summed E-state index contributed by atoms with van der Waals surface area (Å²) in [5, 5.41) is 0. The van der Waals surface area contributed by atoms with Crippen LogP contribution in [0.2, 0.25) is 0 Å². The number of pyridine rings is 1. The highest BCUT2D eigenvalue weighted by molar-refractivity contribution is 7.92. The fraction of sp³-hybridized carbons (Fsp3) is 0.0556. The third-order valence-corrected chi connectivity index (χ3v) is 5.20. The lowest BCUT2D eigenvalue weighted by molar-refractivity contribution is 0.511. The first-order chi connectivity index (χ1) is 12.3. The molecular formula is C18H13F3N2O2S. The second-order valence-electron chi connectivity index (χ2n) is 5.55. The lowest BCUT2D eigenvalue weighted by Crippen LogP contribution is -2.15. The number of nitrogens with one attached hydrogen (secondary N) is 1. The number of sulfonamides is 1. The number of nitrogens with zero attached hydrogens (tertiary/aromatic N) is 1. The fourth-order valence-electron chi connectivity index (χ4n) is 2.40. The Morgan fingerprint density at radius 2 is 1.77 bits per heavy atom. The van der Waals surface area contributed by atoms with Gasteiger partial charge in [-0.05, 0) is 42.8 Å². The molecule has 3 rings (SSSR count). The Morgan fingerprint density at radius 1 is 1.00 bits per heavy atom. The highest BCUT2D eigenvalue weighted by Crippen LogP contribution is 2.25. The molecule has 26 heavy (non-hydrogen) atoms. The molecule has 0 saturated carbocycles. The van der Waals surface area contributed by atoms with Crippen molar-refractivity contribution in [3.63, 3.8) is 0 Å². The van der Waals surface area contributed by atoms with E-state index in [0.29, 0.717) is 5.56 Å². The average Bonchev–Trinajstić information content (AvgIpc) is 2.60. The summed E-state index contributed by atoms with van der Waals surface area (Å²) in [7, 11) is -4.05. The molecular weight excluding hydrogens is 365 g/mol. The summed E-state index contributed by atoms with van der Waals surface area (Å²) in [4.78, 5) is 3.71. The number of rotatable bonds is 4. The minimum absolute atomic E-state index is 0.00730. The van der Waals surface area contributed by atoms with Gasteiger partial charge in [-0.2, -0.15) is 0 Å². The van der Waals surface area contributed by atoms with Crippen molar-refractivity contribution in [3.05, 3.63) is 77.7 Å². The molecule has 1 aromatic heterocycles. The molecule has 0 spiro atoms. The molecule has 0 fully saturated rings. The molecule has 0 bridgehead atoms. The van der Waals surface area contributed by atoms with Gasteiger partial charge in [-0.15, -0.1) is 0 Å². The average molecular weight is 378 g/mol. The molecule has 0 aliphatic carbocycles. The number of hydrogen-bond donors (Lipinski definition) is 1. The van der Waals surface area contributed by atoms with Gasteiger partial charge in [-0.3, -0.25) is 4.72 Å². The fourth-order valence-corrected chi connectivity index (χ4v) is 3.66. The van der Waals surface area contributed by atoms with Gasteiger partial charge in [0.05, 0.1) is 4.90 Å². The molecule has 0 amide bonds. The van der Waals surface area contributed by atoms with Crippen LogP contribution in [0.1, 0.15) is 5.56 Å². The number of anilines is 1. The zero-order valence-corrected chi connectivity index (χ0v) is 14.3. The Balaban J connectivity index is 1.90. The molecule has 134 valence electrons. The largest absolute Gasteiger partial charge is 0.263 e. The first-order valence-electron chi connectivity index (χ1n) is 7.47. The van der Waals surface area contributed by atoms with Gasteiger partial charge in [0.1, 0.15) is 11.6 Å². The minimum atomic E-state index is -4.05. The smallest absolute Gasteiger partial charge is 0.263 e. The van der Waals surface area contributed by atoms with E-state index in [2.05, 4.69) is 9.71 Å². The van der Waals surface area contributed by atoms with Crippen LogP contribution in [0.25, 0.3) is 11.1 Å². The first kappa shape index (κ1) is 17.9. The number of halogens is 3. The summed E-state index contributed by atoms with van der Waals surface area (Å²) in [6, 6.07) is 9.88. The lowest BCUT2D eigenvalue weighted by Gasteiger charge is -2.10. The number of hydrogen-bond acceptors (Lipinski definition) is 3. The van der Waals surface area contributed by atoms with Crippen LogP contribution in [-0.2, 0) is 10.0 Å². The maximum Gasteiger partial charge on any atom is 0.263 e. The molecule has 0 aliphatic rings. The molecule has 0 unspecified atom stereocenters. The van der Waals surface area contributed by atoms with Crippen molar-refractivity contribution in [1.29, 1.82) is 0 Å². The molecule has 3 aromatic rings. The maximum atomic E-state index is 13.8. The van der Waals surface area contributed by atoms with Gasteiger partial charge in [0.25, 0.3) is 10.0 Å². The van der Waals surface area contributed by atoms with Gasteiger partial charge in [-0.25, -0.2) is 26.6 Å². The van der Waals surface area contributed by atoms with E-state index in [1.807, 2.05) is 0 Å². The molecule has 0 atom stereocenters. The summed E-state index contributed by atoms with van der Waals surface area (Å²) in [5.41, 5.74) is 0.664. The van der Waals surface area contributed by atoms with Crippen molar-refractivity contribution in [2.45, 2.75) is 11.8 Å². The molecule has 4 nitrogen and oxygen atoms in total. The first-order valence-corrected chi connectivity index (χ1v) is 8.95. The van der Waals surface area contributed by atoms with E-state index in [1.54, 1.807) is 0 Å². The Kier molecular flexibility index (Phi) is 4.69. The highest BCUT2D eigenvalue weighted by atomic mass is 32.2. The highest BCUT2D eigenvalue weighted by Gasteiger charge is 2.18. The Bertz CT molecular complexity index is 1070. The van der Waals surface area contributed by atoms with Crippen molar-refractivity contribution >= 4 is 15.8 Å². The van der Waals surface area contributed by atoms with Crippen LogP contribution in [0.3, 0.4) is 0 Å². The van der Waals surface area contributed by atoms with Crippen LogP contribution >= 0.6 is 0 Å². The summed E-state index contributed by atoms with van der Waals surface area (Å²) in [6.45, 7) is 1.54. The van der Waals surface area contributed by atoms with E-state index in [9.17, 15) is 21.6 Å². The maximum absolute atomic E-state index is 13.8. The molecule has 2 aromatic carbocycles. The summed E-state index contributed by atoms with van der Waals surface area (Å²) in [6.07, 6.45) is 1.22. The Labute approximate surface area is 148 Å². The van der Waals surface area contributed by atoms with E-state index in [1.165, 1.54) is 43.5 Å². The molecule has 0 aliphatic heterocycles. The van der Waals surface area contributed by atoms with Gasteiger partial charge >= 0.3 is 0 Å². The van der Waals surface area contributed by atoms with E-state index in [0.717, 1.165) is 18.2 Å². The van der Waals surface area contributed by atoms with Crippen molar-refractivity contribution in [3.8, 4) is 11.1 Å². The second kappa shape index (κ2) is 6.80. The van der Waals surface area contributed by atoms with E-state index in [4.69, 9.17) is 0 Å². The van der Waals surface area contributed by atoms with Gasteiger partial charge in [0.15, 0.2) is 11.6 Å². The zero-order chi connectivity index (χ0) is 18.9. The third-order valence-electron chi connectivity index (χ3n) is 3.70. The van der Waals surface area contributed by atoms with Gasteiger partial charge in [-0.1, -0.05) is 18.2 Å². The summed E-state index contributed by atoms with van der Waals surface area (Å²) < 4.78 is 67.5. The summed E-state index contributed by atoms with van der Waals surface area (Å²) >= 11 is 0. The molecule has 8 heteroatoms. The zero-order valence-electron chi connectivity index (χ0n) is 13.5. The van der Waals surface area contributed by atoms with Crippen molar-refractivity contribution in [2.24, 2.45) is 0 Å². The second-order valence-corrected chi connectivity index (χ2v) is 7.20. The Hall–Kier alpha value is -2.87. The molecule has 0 saturated heterocycles. The van der Waals surface area contributed by atoms with E-state index in [-0.39, 0.29) is 21.8 Å². The van der Waals surface area contributed by atoms with Crippen LogP contribution in [-0.4, -0.2) is 13.4 Å². The van der Waals surface area contributed by atoms with E-state index < -0.39 is 27.5 Å².